The zero-order valence-electron chi connectivity index (χ0n) is 13.6. The Morgan fingerprint density at radius 2 is 2.00 bits per heavy atom. The van der Waals surface area contributed by atoms with Gasteiger partial charge in [0.25, 0.3) is 5.91 Å². The third-order valence-corrected chi connectivity index (χ3v) is 3.65. The van der Waals surface area contributed by atoms with E-state index in [4.69, 9.17) is 4.74 Å². The number of para-hydroxylation sites is 1. The van der Waals surface area contributed by atoms with Gasteiger partial charge >= 0.3 is 0 Å². The first kappa shape index (κ1) is 15.7. The van der Waals surface area contributed by atoms with Gasteiger partial charge in [-0.25, -0.2) is 5.43 Å². The Hall–Kier alpha value is -3.15. The average Bonchev–Trinajstić information content (AvgIpc) is 2.92. The number of benzene rings is 2. The molecule has 122 valence electrons. The second-order valence-electron chi connectivity index (χ2n) is 5.33. The van der Waals surface area contributed by atoms with Crippen molar-refractivity contribution in [2.45, 2.75) is 13.5 Å². The van der Waals surface area contributed by atoms with E-state index in [2.05, 4.69) is 15.6 Å². The van der Waals surface area contributed by atoms with Gasteiger partial charge in [0.2, 0.25) is 0 Å². The first-order valence-corrected chi connectivity index (χ1v) is 7.55. The van der Waals surface area contributed by atoms with Crippen LogP contribution in [0.1, 0.15) is 11.3 Å². The van der Waals surface area contributed by atoms with Crippen molar-refractivity contribution in [3.63, 3.8) is 0 Å². The normalized spacial score (nSPS) is 11.1. The maximum Gasteiger partial charge on any atom is 0.261 e. The van der Waals surface area contributed by atoms with Gasteiger partial charge in [-0.15, -0.1) is 0 Å². The second kappa shape index (κ2) is 6.95. The van der Waals surface area contributed by atoms with Gasteiger partial charge in [-0.2, -0.15) is 10.2 Å². The molecule has 0 bridgehead atoms. The summed E-state index contributed by atoms with van der Waals surface area (Å²) in [5.41, 5.74) is 5.23. The summed E-state index contributed by atoms with van der Waals surface area (Å²) in [5.74, 6) is 0.546. The number of carbonyl (C=O) groups is 1. The van der Waals surface area contributed by atoms with Crippen LogP contribution in [0.25, 0.3) is 10.9 Å². The highest BCUT2D eigenvalue weighted by molar-refractivity contribution is 5.85. The first-order valence-electron chi connectivity index (χ1n) is 7.55. The van der Waals surface area contributed by atoms with Crippen molar-refractivity contribution in [3.8, 4) is 5.75 Å². The summed E-state index contributed by atoms with van der Waals surface area (Å²) in [6.07, 6.45) is 1.59. The third-order valence-electron chi connectivity index (χ3n) is 3.65. The standard InChI is InChI=1S/C18H18N4O2/c1-13-16-5-3-4-6-17(16)22(21-13)12-18(23)20-19-11-14-7-9-15(24-2)10-8-14/h3-11H,12H2,1-2H3,(H,20,23)/b19-11-. The number of nitrogens with one attached hydrogen (secondary N) is 1. The number of aryl methyl sites for hydroxylation is 1. The zero-order chi connectivity index (χ0) is 16.9. The SMILES string of the molecule is COc1ccc(/C=N\NC(=O)Cn2nc(C)c3ccccc32)cc1. The number of amides is 1. The number of hydrogen-bond acceptors (Lipinski definition) is 4. The summed E-state index contributed by atoms with van der Waals surface area (Å²) in [6.45, 7) is 2.05. The number of fused-ring (bicyclic) bond motifs is 1. The molecule has 0 aliphatic rings. The van der Waals surface area contributed by atoms with Gasteiger partial charge < -0.3 is 4.74 Å². The van der Waals surface area contributed by atoms with E-state index in [-0.39, 0.29) is 12.5 Å². The number of rotatable bonds is 5. The Labute approximate surface area is 139 Å². The van der Waals surface area contributed by atoms with Crippen LogP contribution in [0.2, 0.25) is 0 Å². The summed E-state index contributed by atoms with van der Waals surface area (Å²) in [7, 11) is 1.62. The monoisotopic (exact) mass is 322 g/mol. The fraction of sp³-hybridized carbons (Fsp3) is 0.167. The highest BCUT2D eigenvalue weighted by Gasteiger charge is 2.09. The van der Waals surface area contributed by atoms with Crippen LogP contribution in [0.5, 0.6) is 5.75 Å². The van der Waals surface area contributed by atoms with E-state index in [9.17, 15) is 4.79 Å². The minimum absolute atomic E-state index is 0.119. The molecule has 1 amide bonds. The molecule has 3 rings (SSSR count). The van der Waals surface area contributed by atoms with Crippen LogP contribution in [-0.2, 0) is 11.3 Å². The Bertz CT molecular complexity index is 882. The smallest absolute Gasteiger partial charge is 0.261 e. The molecule has 6 heteroatoms. The molecule has 0 aliphatic carbocycles. The van der Waals surface area contributed by atoms with Gasteiger partial charge in [0.15, 0.2) is 0 Å². The van der Waals surface area contributed by atoms with Crippen molar-refractivity contribution in [3.05, 3.63) is 59.8 Å². The maximum atomic E-state index is 12.1. The predicted molar refractivity (Wildman–Crippen MR) is 93.2 cm³/mol. The van der Waals surface area contributed by atoms with Gasteiger partial charge in [0.1, 0.15) is 12.3 Å². The third kappa shape index (κ3) is 3.43. The van der Waals surface area contributed by atoms with Crippen LogP contribution in [0.4, 0.5) is 0 Å². The van der Waals surface area contributed by atoms with Crippen molar-refractivity contribution in [2.75, 3.05) is 7.11 Å². The molecule has 0 saturated heterocycles. The first-order chi connectivity index (χ1) is 11.7. The topological polar surface area (TPSA) is 68.5 Å². The summed E-state index contributed by atoms with van der Waals surface area (Å²) < 4.78 is 6.77. The van der Waals surface area contributed by atoms with Gasteiger partial charge in [-0.1, -0.05) is 18.2 Å². The molecule has 0 radical (unpaired) electrons. The van der Waals surface area contributed by atoms with E-state index in [0.717, 1.165) is 27.9 Å². The molecule has 2 aromatic carbocycles. The van der Waals surface area contributed by atoms with Crippen molar-refractivity contribution >= 4 is 23.0 Å². The van der Waals surface area contributed by atoms with Crippen molar-refractivity contribution in [1.29, 1.82) is 0 Å². The minimum atomic E-state index is -0.229. The van der Waals surface area contributed by atoms with Gasteiger partial charge in [-0.05, 0) is 42.8 Å². The fourth-order valence-corrected chi connectivity index (χ4v) is 2.45. The number of hydrogen-bond donors (Lipinski definition) is 1. The average molecular weight is 322 g/mol. The molecule has 1 N–H and O–H groups in total. The number of hydrazone groups is 1. The van der Waals surface area contributed by atoms with E-state index < -0.39 is 0 Å². The van der Waals surface area contributed by atoms with E-state index in [1.54, 1.807) is 18.0 Å². The van der Waals surface area contributed by atoms with E-state index >= 15 is 0 Å². The summed E-state index contributed by atoms with van der Waals surface area (Å²) in [5, 5.41) is 9.43. The van der Waals surface area contributed by atoms with Gasteiger partial charge in [0.05, 0.1) is 24.5 Å². The van der Waals surface area contributed by atoms with E-state index in [0.29, 0.717) is 0 Å². The molecule has 3 aromatic rings. The molecule has 0 aliphatic heterocycles. The number of ether oxygens (including phenoxy) is 1. The number of carbonyl (C=O) groups excluding carboxylic acids is 1. The molecular formula is C18H18N4O2. The van der Waals surface area contributed by atoms with Crippen molar-refractivity contribution in [2.24, 2.45) is 5.10 Å². The molecule has 24 heavy (non-hydrogen) atoms. The molecule has 0 spiro atoms. The van der Waals surface area contributed by atoms with Crippen LogP contribution in [0.15, 0.2) is 53.6 Å². The molecule has 1 aromatic heterocycles. The summed E-state index contributed by atoms with van der Waals surface area (Å²) in [6, 6.07) is 15.2. The quantitative estimate of drug-likeness (QED) is 0.580. The highest BCUT2D eigenvalue weighted by atomic mass is 16.5. The van der Waals surface area contributed by atoms with Crippen LogP contribution in [0.3, 0.4) is 0 Å². The largest absolute Gasteiger partial charge is 0.497 e. The Morgan fingerprint density at radius 3 is 2.75 bits per heavy atom. The van der Waals surface area contributed by atoms with Crippen molar-refractivity contribution < 1.29 is 9.53 Å². The van der Waals surface area contributed by atoms with Crippen LogP contribution in [0, 0.1) is 6.92 Å². The lowest BCUT2D eigenvalue weighted by Gasteiger charge is -2.02. The second-order valence-corrected chi connectivity index (χ2v) is 5.33. The van der Waals surface area contributed by atoms with Crippen LogP contribution in [-0.4, -0.2) is 29.0 Å². The molecule has 0 fully saturated rings. The summed E-state index contributed by atoms with van der Waals surface area (Å²) >= 11 is 0. The predicted octanol–water partition coefficient (Wildman–Crippen LogP) is 2.50. The van der Waals surface area contributed by atoms with E-state index in [1.807, 2.05) is 55.5 Å². The molecule has 0 unspecified atom stereocenters. The highest BCUT2D eigenvalue weighted by Crippen LogP contribution is 2.17. The lowest BCUT2D eigenvalue weighted by atomic mass is 10.2. The number of aromatic nitrogens is 2. The fourth-order valence-electron chi connectivity index (χ4n) is 2.45. The molecule has 0 atom stereocenters. The van der Waals surface area contributed by atoms with E-state index in [1.165, 1.54) is 0 Å². The molecule has 6 nitrogen and oxygen atoms in total. The Balaban J connectivity index is 1.63. The Kier molecular flexibility index (Phi) is 4.56. The zero-order valence-corrected chi connectivity index (χ0v) is 13.6. The minimum Gasteiger partial charge on any atom is -0.497 e. The Morgan fingerprint density at radius 1 is 1.25 bits per heavy atom. The number of nitrogens with zero attached hydrogens (tertiary/aromatic N) is 3. The van der Waals surface area contributed by atoms with Crippen LogP contribution >= 0.6 is 0 Å². The molecule has 1 heterocycles. The molecule has 0 saturated carbocycles. The maximum absolute atomic E-state index is 12.1. The van der Waals surface area contributed by atoms with Gasteiger partial charge in [0, 0.05) is 5.39 Å². The van der Waals surface area contributed by atoms with Crippen molar-refractivity contribution in [1.82, 2.24) is 15.2 Å². The lowest BCUT2D eigenvalue weighted by Crippen LogP contribution is -2.23. The van der Waals surface area contributed by atoms with Crippen LogP contribution < -0.4 is 10.2 Å². The number of methoxy groups -OCH3 is 1. The van der Waals surface area contributed by atoms with Gasteiger partial charge in [-0.3, -0.25) is 9.48 Å². The molecular weight excluding hydrogens is 304 g/mol. The lowest BCUT2D eigenvalue weighted by molar-refractivity contribution is -0.121. The summed E-state index contributed by atoms with van der Waals surface area (Å²) in [4.78, 5) is 12.1.